The third kappa shape index (κ3) is 2.40. The Morgan fingerprint density at radius 1 is 1.33 bits per heavy atom. The molecule has 3 aromatic rings. The molecule has 6 nitrogen and oxygen atoms in total. The molecule has 0 saturated heterocycles. The zero-order valence-corrected chi connectivity index (χ0v) is 13.5. The number of para-hydroxylation sites is 1. The molecule has 2 aromatic heterocycles. The van der Waals surface area contributed by atoms with Gasteiger partial charge in [-0.25, -0.2) is 4.68 Å². The van der Waals surface area contributed by atoms with E-state index >= 15 is 0 Å². The van der Waals surface area contributed by atoms with E-state index in [-0.39, 0.29) is 5.91 Å². The Balaban J connectivity index is 1.66. The molecule has 1 aliphatic rings. The minimum atomic E-state index is -0.0868. The first-order chi connectivity index (χ1) is 11.8. The standard InChI is InChI=1S/C18H18N4O2/c1-2-15-14(13-6-3-4-7-16(13)24-15)8-9-17(23)21-10-5-11-22-18(21)19-12-20-22/h3-4,6-9,12H,2,5,10-11H2,1H3/b9-8+. The van der Waals surface area contributed by atoms with E-state index in [0.29, 0.717) is 12.5 Å². The van der Waals surface area contributed by atoms with E-state index in [4.69, 9.17) is 4.42 Å². The molecule has 0 unspecified atom stereocenters. The summed E-state index contributed by atoms with van der Waals surface area (Å²) >= 11 is 0. The van der Waals surface area contributed by atoms with E-state index in [2.05, 4.69) is 10.1 Å². The highest BCUT2D eigenvalue weighted by molar-refractivity contribution is 6.04. The number of furan rings is 1. The van der Waals surface area contributed by atoms with Crippen molar-refractivity contribution in [3.05, 3.63) is 48.0 Å². The van der Waals surface area contributed by atoms with E-state index in [9.17, 15) is 4.79 Å². The van der Waals surface area contributed by atoms with E-state index in [1.807, 2.05) is 37.3 Å². The van der Waals surface area contributed by atoms with Gasteiger partial charge in [-0.1, -0.05) is 25.1 Å². The second kappa shape index (κ2) is 5.96. The summed E-state index contributed by atoms with van der Waals surface area (Å²) in [5.41, 5.74) is 1.82. The van der Waals surface area contributed by atoms with Crippen LogP contribution in [-0.2, 0) is 17.8 Å². The number of aromatic nitrogens is 3. The van der Waals surface area contributed by atoms with E-state index in [1.54, 1.807) is 15.7 Å². The van der Waals surface area contributed by atoms with Crippen LogP contribution in [0.15, 0.2) is 41.1 Å². The molecule has 4 rings (SSSR count). The van der Waals surface area contributed by atoms with Crippen LogP contribution in [-0.4, -0.2) is 27.2 Å². The third-order valence-corrected chi connectivity index (χ3v) is 4.28. The van der Waals surface area contributed by atoms with Crippen molar-refractivity contribution in [2.24, 2.45) is 0 Å². The Kier molecular flexibility index (Phi) is 3.65. The van der Waals surface area contributed by atoms with Gasteiger partial charge in [0.25, 0.3) is 5.91 Å². The second-order valence-corrected chi connectivity index (χ2v) is 5.75. The summed E-state index contributed by atoms with van der Waals surface area (Å²) < 4.78 is 7.63. The Hall–Kier alpha value is -2.89. The SMILES string of the molecule is CCc1oc2ccccc2c1/C=C/C(=O)N1CCCn2ncnc21. The van der Waals surface area contributed by atoms with Crippen molar-refractivity contribution >= 4 is 28.9 Å². The molecule has 1 amide bonds. The van der Waals surface area contributed by atoms with Gasteiger partial charge in [-0.3, -0.25) is 9.69 Å². The topological polar surface area (TPSA) is 64.2 Å². The fraction of sp³-hybridized carbons (Fsp3) is 0.278. The van der Waals surface area contributed by atoms with Crippen LogP contribution in [0.4, 0.5) is 5.95 Å². The maximum Gasteiger partial charge on any atom is 0.253 e. The normalized spacial score (nSPS) is 14.5. The number of amides is 1. The average molecular weight is 322 g/mol. The Bertz CT molecular complexity index is 922. The largest absolute Gasteiger partial charge is 0.460 e. The number of fused-ring (bicyclic) bond motifs is 2. The van der Waals surface area contributed by atoms with E-state index in [1.165, 1.54) is 6.33 Å². The number of hydrogen-bond donors (Lipinski definition) is 0. The number of nitrogens with zero attached hydrogens (tertiary/aromatic N) is 4. The van der Waals surface area contributed by atoms with Crippen LogP contribution >= 0.6 is 0 Å². The molecular formula is C18H18N4O2. The molecule has 0 N–H and O–H groups in total. The van der Waals surface area contributed by atoms with Gasteiger partial charge in [-0.2, -0.15) is 10.1 Å². The monoisotopic (exact) mass is 322 g/mol. The highest BCUT2D eigenvalue weighted by atomic mass is 16.3. The number of hydrogen-bond acceptors (Lipinski definition) is 4. The molecule has 3 heterocycles. The zero-order valence-electron chi connectivity index (χ0n) is 13.5. The lowest BCUT2D eigenvalue weighted by Gasteiger charge is -2.24. The maximum atomic E-state index is 12.6. The first-order valence-corrected chi connectivity index (χ1v) is 8.15. The minimum absolute atomic E-state index is 0.0868. The van der Waals surface area contributed by atoms with Gasteiger partial charge in [0.05, 0.1) is 0 Å². The van der Waals surface area contributed by atoms with Crippen molar-refractivity contribution in [1.29, 1.82) is 0 Å². The summed E-state index contributed by atoms with van der Waals surface area (Å²) in [5, 5.41) is 5.17. The lowest BCUT2D eigenvalue weighted by atomic mass is 10.1. The van der Waals surface area contributed by atoms with Crippen molar-refractivity contribution in [1.82, 2.24) is 14.8 Å². The molecule has 1 aromatic carbocycles. The highest BCUT2D eigenvalue weighted by Crippen LogP contribution is 2.27. The van der Waals surface area contributed by atoms with Crippen molar-refractivity contribution in [3.63, 3.8) is 0 Å². The molecule has 122 valence electrons. The summed E-state index contributed by atoms with van der Waals surface area (Å²) in [6.07, 6.45) is 6.60. The van der Waals surface area contributed by atoms with Crippen LogP contribution in [0.5, 0.6) is 0 Å². The van der Waals surface area contributed by atoms with Gasteiger partial charge in [-0.05, 0) is 18.6 Å². The first-order valence-electron chi connectivity index (χ1n) is 8.15. The summed E-state index contributed by atoms with van der Waals surface area (Å²) in [4.78, 5) is 18.5. The molecule has 0 fully saturated rings. The molecule has 0 spiro atoms. The number of rotatable bonds is 3. The number of aryl methyl sites for hydroxylation is 2. The van der Waals surface area contributed by atoms with Crippen LogP contribution in [0.2, 0.25) is 0 Å². The van der Waals surface area contributed by atoms with Crippen LogP contribution in [0.3, 0.4) is 0 Å². The van der Waals surface area contributed by atoms with Crippen molar-refractivity contribution in [3.8, 4) is 0 Å². The van der Waals surface area contributed by atoms with Crippen molar-refractivity contribution in [2.75, 3.05) is 11.4 Å². The first kappa shape index (κ1) is 14.7. The fourth-order valence-corrected chi connectivity index (χ4v) is 3.12. The summed E-state index contributed by atoms with van der Waals surface area (Å²) in [5.74, 6) is 1.42. The van der Waals surface area contributed by atoms with Gasteiger partial charge < -0.3 is 4.42 Å². The number of benzene rings is 1. The van der Waals surface area contributed by atoms with Crippen LogP contribution in [0, 0.1) is 0 Å². The number of anilines is 1. The summed E-state index contributed by atoms with van der Waals surface area (Å²) in [7, 11) is 0. The van der Waals surface area contributed by atoms with E-state index < -0.39 is 0 Å². The van der Waals surface area contributed by atoms with Gasteiger partial charge in [0.1, 0.15) is 17.7 Å². The quantitative estimate of drug-likeness (QED) is 0.695. The Morgan fingerprint density at radius 3 is 3.08 bits per heavy atom. The van der Waals surface area contributed by atoms with Gasteiger partial charge >= 0.3 is 0 Å². The fourth-order valence-electron chi connectivity index (χ4n) is 3.12. The predicted octanol–water partition coefficient (Wildman–Crippen LogP) is 3.04. The maximum absolute atomic E-state index is 12.6. The molecule has 0 bridgehead atoms. The predicted molar refractivity (Wildman–Crippen MR) is 91.6 cm³/mol. The van der Waals surface area contributed by atoms with Crippen LogP contribution in [0.1, 0.15) is 24.7 Å². The Labute approximate surface area is 139 Å². The van der Waals surface area contributed by atoms with Crippen molar-refractivity contribution < 1.29 is 9.21 Å². The molecule has 1 aliphatic heterocycles. The highest BCUT2D eigenvalue weighted by Gasteiger charge is 2.23. The van der Waals surface area contributed by atoms with Gasteiger partial charge in [0.15, 0.2) is 0 Å². The van der Waals surface area contributed by atoms with Crippen LogP contribution in [0.25, 0.3) is 17.0 Å². The smallest absolute Gasteiger partial charge is 0.253 e. The van der Waals surface area contributed by atoms with E-state index in [0.717, 1.165) is 41.7 Å². The lowest BCUT2D eigenvalue weighted by molar-refractivity contribution is -0.114. The zero-order chi connectivity index (χ0) is 16.5. The lowest BCUT2D eigenvalue weighted by Crippen LogP contribution is -2.37. The molecule has 0 aliphatic carbocycles. The average Bonchev–Trinajstić information content (AvgIpc) is 3.23. The molecule has 24 heavy (non-hydrogen) atoms. The number of carbonyl (C=O) groups is 1. The molecule has 0 saturated carbocycles. The van der Waals surface area contributed by atoms with Crippen molar-refractivity contribution in [2.45, 2.75) is 26.3 Å². The van der Waals surface area contributed by atoms with Gasteiger partial charge in [0.2, 0.25) is 5.95 Å². The third-order valence-electron chi connectivity index (χ3n) is 4.28. The summed E-state index contributed by atoms with van der Waals surface area (Å²) in [6, 6.07) is 7.88. The molecule has 0 atom stereocenters. The molecule has 6 heteroatoms. The van der Waals surface area contributed by atoms with Crippen LogP contribution < -0.4 is 4.90 Å². The second-order valence-electron chi connectivity index (χ2n) is 5.75. The number of carbonyl (C=O) groups excluding carboxylic acids is 1. The Morgan fingerprint density at radius 2 is 2.21 bits per heavy atom. The minimum Gasteiger partial charge on any atom is -0.460 e. The molecule has 0 radical (unpaired) electrons. The van der Waals surface area contributed by atoms with Gasteiger partial charge in [0, 0.05) is 36.5 Å². The van der Waals surface area contributed by atoms with Gasteiger partial charge in [-0.15, -0.1) is 0 Å². The summed E-state index contributed by atoms with van der Waals surface area (Å²) in [6.45, 7) is 3.51. The molecular weight excluding hydrogens is 304 g/mol.